The first-order valence-electron chi connectivity index (χ1n) is 5.55. The summed E-state index contributed by atoms with van der Waals surface area (Å²) in [7, 11) is 0. The molecule has 1 amide bonds. The highest BCUT2D eigenvalue weighted by molar-refractivity contribution is 9.10. The molecule has 1 aromatic heterocycles. The van der Waals surface area contributed by atoms with Gasteiger partial charge in [0.05, 0.1) is 11.3 Å². The van der Waals surface area contributed by atoms with Gasteiger partial charge in [0.1, 0.15) is 5.00 Å². The number of thiophene rings is 1. The van der Waals surface area contributed by atoms with Gasteiger partial charge in [0, 0.05) is 9.37 Å². The molecule has 2 aromatic rings. The molecule has 0 fully saturated rings. The van der Waals surface area contributed by atoms with Crippen molar-refractivity contribution < 1.29 is 14.7 Å². The molecule has 0 bridgehead atoms. The van der Waals surface area contributed by atoms with Crippen LogP contribution in [0, 0.1) is 0 Å². The predicted octanol–water partition coefficient (Wildman–Crippen LogP) is 3.94. The van der Waals surface area contributed by atoms with Crippen LogP contribution in [0.1, 0.15) is 10.4 Å². The first-order valence-corrected chi connectivity index (χ1v) is 8.21. The zero-order valence-corrected chi connectivity index (χ0v) is 13.3. The Morgan fingerprint density at radius 3 is 2.60 bits per heavy atom. The van der Waals surface area contributed by atoms with Gasteiger partial charge in [-0.3, -0.25) is 4.79 Å². The second-order valence-electron chi connectivity index (χ2n) is 3.76. The second kappa shape index (κ2) is 6.92. The average Bonchev–Trinajstić information content (AvgIpc) is 2.86. The van der Waals surface area contributed by atoms with Crippen molar-refractivity contribution in [2.75, 3.05) is 11.1 Å². The van der Waals surface area contributed by atoms with Crippen molar-refractivity contribution in [3.05, 3.63) is 45.7 Å². The maximum absolute atomic E-state index is 11.8. The summed E-state index contributed by atoms with van der Waals surface area (Å²) < 4.78 is 0.982. The Bertz CT molecular complexity index is 625. The van der Waals surface area contributed by atoms with Crippen LogP contribution in [0.4, 0.5) is 5.00 Å². The molecule has 1 heterocycles. The van der Waals surface area contributed by atoms with Gasteiger partial charge in [0.25, 0.3) is 0 Å². The Morgan fingerprint density at radius 2 is 1.95 bits per heavy atom. The quantitative estimate of drug-likeness (QED) is 0.781. The molecule has 2 N–H and O–H groups in total. The van der Waals surface area contributed by atoms with Gasteiger partial charge in [0.15, 0.2) is 0 Å². The molecule has 0 aliphatic carbocycles. The molecular formula is C13H10BrNO3S2. The third-order valence-electron chi connectivity index (χ3n) is 2.33. The number of anilines is 1. The number of carbonyl (C=O) groups excluding carboxylic acids is 1. The molecule has 7 heteroatoms. The lowest BCUT2D eigenvalue weighted by molar-refractivity contribution is -0.113. The smallest absolute Gasteiger partial charge is 0.338 e. The molecule has 104 valence electrons. The van der Waals surface area contributed by atoms with Crippen LogP contribution in [0.15, 0.2) is 45.1 Å². The zero-order valence-electron chi connectivity index (χ0n) is 10.1. The minimum atomic E-state index is -1.04. The van der Waals surface area contributed by atoms with Crippen LogP contribution < -0.4 is 5.32 Å². The molecule has 0 aliphatic rings. The standard InChI is InChI=1S/C13H10BrNO3S2/c14-8-1-3-9(4-2-8)20-7-11(16)15-12-10(13(17)18)5-6-19-12/h1-6H,7H2,(H,15,16)(H,17,18). The fourth-order valence-electron chi connectivity index (χ4n) is 1.42. The van der Waals surface area contributed by atoms with Gasteiger partial charge < -0.3 is 10.4 Å². The van der Waals surface area contributed by atoms with Gasteiger partial charge in [0.2, 0.25) is 5.91 Å². The number of hydrogen-bond donors (Lipinski definition) is 2. The van der Waals surface area contributed by atoms with Crippen LogP contribution in [-0.4, -0.2) is 22.7 Å². The SMILES string of the molecule is O=C(CSc1ccc(Br)cc1)Nc1sccc1C(=O)O. The summed E-state index contributed by atoms with van der Waals surface area (Å²) in [6, 6.07) is 9.11. The largest absolute Gasteiger partial charge is 0.478 e. The van der Waals surface area contributed by atoms with Crippen LogP contribution in [0.3, 0.4) is 0 Å². The first kappa shape index (κ1) is 15.1. The number of rotatable bonds is 5. The van der Waals surface area contributed by atoms with Gasteiger partial charge in [-0.15, -0.1) is 23.1 Å². The number of carbonyl (C=O) groups is 2. The molecule has 0 atom stereocenters. The maximum atomic E-state index is 11.8. The summed E-state index contributed by atoms with van der Waals surface area (Å²) in [6.07, 6.45) is 0. The molecule has 0 spiro atoms. The fourth-order valence-corrected chi connectivity index (χ4v) is 3.17. The number of amides is 1. The molecule has 1 aromatic carbocycles. The van der Waals surface area contributed by atoms with Crippen molar-refractivity contribution in [1.82, 2.24) is 0 Å². The Balaban J connectivity index is 1.91. The van der Waals surface area contributed by atoms with Gasteiger partial charge in [-0.25, -0.2) is 4.79 Å². The van der Waals surface area contributed by atoms with Gasteiger partial charge in [-0.2, -0.15) is 0 Å². The third kappa shape index (κ3) is 4.09. The molecule has 4 nitrogen and oxygen atoms in total. The maximum Gasteiger partial charge on any atom is 0.338 e. The summed E-state index contributed by atoms with van der Waals surface area (Å²) in [5.41, 5.74) is 0.122. The van der Waals surface area contributed by atoms with E-state index in [4.69, 9.17) is 5.11 Å². The van der Waals surface area contributed by atoms with E-state index in [-0.39, 0.29) is 17.2 Å². The van der Waals surface area contributed by atoms with Crippen LogP contribution in [0.5, 0.6) is 0 Å². The number of halogens is 1. The molecular weight excluding hydrogens is 362 g/mol. The highest BCUT2D eigenvalue weighted by atomic mass is 79.9. The van der Waals surface area contributed by atoms with E-state index in [1.807, 2.05) is 24.3 Å². The average molecular weight is 372 g/mol. The van der Waals surface area contributed by atoms with E-state index in [9.17, 15) is 9.59 Å². The van der Waals surface area contributed by atoms with Gasteiger partial charge >= 0.3 is 5.97 Å². The highest BCUT2D eigenvalue weighted by Gasteiger charge is 2.13. The lowest BCUT2D eigenvalue weighted by atomic mass is 10.3. The van der Waals surface area contributed by atoms with Crippen molar-refractivity contribution in [2.24, 2.45) is 0 Å². The monoisotopic (exact) mass is 371 g/mol. The van der Waals surface area contributed by atoms with Gasteiger partial charge in [-0.05, 0) is 35.7 Å². The molecule has 0 saturated heterocycles. The number of benzene rings is 1. The second-order valence-corrected chi connectivity index (χ2v) is 6.64. The molecule has 0 saturated carbocycles. The molecule has 2 rings (SSSR count). The van der Waals surface area contributed by atoms with Crippen LogP contribution in [0.25, 0.3) is 0 Å². The van der Waals surface area contributed by atoms with E-state index in [1.165, 1.54) is 29.2 Å². The minimum absolute atomic E-state index is 0.122. The van der Waals surface area contributed by atoms with Crippen LogP contribution in [-0.2, 0) is 4.79 Å². The highest BCUT2D eigenvalue weighted by Crippen LogP contribution is 2.24. The summed E-state index contributed by atoms with van der Waals surface area (Å²) in [5.74, 6) is -1.02. The van der Waals surface area contributed by atoms with E-state index >= 15 is 0 Å². The summed E-state index contributed by atoms with van der Waals surface area (Å²) in [5, 5.41) is 13.6. The Morgan fingerprint density at radius 1 is 1.25 bits per heavy atom. The van der Waals surface area contributed by atoms with Crippen molar-refractivity contribution in [3.8, 4) is 0 Å². The molecule has 0 radical (unpaired) electrons. The van der Waals surface area contributed by atoms with Gasteiger partial charge in [-0.1, -0.05) is 15.9 Å². The molecule has 20 heavy (non-hydrogen) atoms. The lowest BCUT2D eigenvalue weighted by Gasteiger charge is -2.04. The van der Waals surface area contributed by atoms with Crippen LogP contribution >= 0.6 is 39.0 Å². The number of hydrogen-bond acceptors (Lipinski definition) is 4. The first-order chi connectivity index (χ1) is 9.56. The number of aromatic carboxylic acids is 1. The van der Waals surface area contributed by atoms with E-state index in [0.29, 0.717) is 5.00 Å². The molecule has 0 unspecified atom stereocenters. The lowest BCUT2D eigenvalue weighted by Crippen LogP contribution is -2.15. The van der Waals surface area contributed by atoms with E-state index in [2.05, 4.69) is 21.2 Å². The number of nitrogens with one attached hydrogen (secondary N) is 1. The van der Waals surface area contributed by atoms with E-state index in [0.717, 1.165) is 9.37 Å². The third-order valence-corrected chi connectivity index (χ3v) is 4.70. The Labute approximate surface area is 132 Å². The Kier molecular flexibility index (Phi) is 5.22. The zero-order chi connectivity index (χ0) is 14.5. The van der Waals surface area contributed by atoms with Crippen molar-refractivity contribution in [1.29, 1.82) is 0 Å². The number of thioether (sulfide) groups is 1. The van der Waals surface area contributed by atoms with E-state index < -0.39 is 5.97 Å². The topological polar surface area (TPSA) is 66.4 Å². The minimum Gasteiger partial charge on any atom is -0.478 e. The van der Waals surface area contributed by atoms with Crippen molar-refractivity contribution in [3.63, 3.8) is 0 Å². The van der Waals surface area contributed by atoms with Crippen LogP contribution in [0.2, 0.25) is 0 Å². The van der Waals surface area contributed by atoms with E-state index in [1.54, 1.807) is 5.38 Å². The number of carboxylic acid groups (broad SMARTS) is 1. The number of carboxylic acids is 1. The Hall–Kier alpha value is -1.31. The molecule has 0 aliphatic heterocycles. The summed E-state index contributed by atoms with van der Waals surface area (Å²) in [6.45, 7) is 0. The fraction of sp³-hybridized carbons (Fsp3) is 0.0769. The summed E-state index contributed by atoms with van der Waals surface area (Å²) in [4.78, 5) is 23.7. The predicted molar refractivity (Wildman–Crippen MR) is 84.8 cm³/mol. The normalized spacial score (nSPS) is 10.2. The van der Waals surface area contributed by atoms with Crippen molar-refractivity contribution in [2.45, 2.75) is 4.90 Å². The van der Waals surface area contributed by atoms with Crippen molar-refractivity contribution >= 4 is 55.9 Å². The summed E-state index contributed by atoms with van der Waals surface area (Å²) >= 11 is 5.94.